The van der Waals surface area contributed by atoms with Crippen LogP contribution in [0.3, 0.4) is 0 Å². The summed E-state index contributed by atoms with van der Waals surface area (Å²) in [7, 11) is -4.17. The molecule has 1 atom stereocenters. The average molecular weight is 525 g/mol. The molecule has 0 saturated heterocycles. The van der Waals surface area contributed by atoms with Gasteiger partial charge in [0, 0.05) is 55.9 Å². The molecular formula is C24H24N6O6S. The summed E-state index contributed by atoms with van der Waals surface area (Å²) in [6.07, 6.45) is 4.13. The van der Waals surface area contributed by atoms with E-state index in [1.54, 1.807) is 17.2 Å². The van der Waals surface area contributed by atoms with Crippen molar-refractivity contribution in [3.63, 3.8) is 0 Å². The number of carbonyl (C=O) groups is 3. The van der Waals surface area contributed by atoms with E-state index in [0.717, 1.165) is 11.8 Å². The quantitative estimate of drug-likeness (QED) is 0.282. The molecule has 192 valence electrons. The van der Waals surface area contributed by atoms with Gasteiger partial charge in [-0.25, -0.2) is 13.4 Å². The Morgan fingerprint density at radius 2 is 1.95 bits per heavy atom. The molecule has 2 amide bonds. The van der Waals surface area contributed by atoms with Crippen LogP contribution in [0.1, 0.15) is 26.3 Å². The summed E-state index contributed by atoms with van der Waals surface area (Å²) in [6, 6.07) is 11.2. The topological polar surface area (TPSA) is 171 Å². The monoisotopic (exact) mass is 524 g/mol. The van der Waals surface area contributed by atoms with Gasteiger partial charge in [-0.2, -0.15) is 4.72 Å². The predicted octanol–water partition coefficient (Wildman–Crippen LogP) is 0.706. The first-order chi connectivity index (χ1) is 17.7. The number of hydrogen-bond donors (Lipinski definition) is 4. The highest BCUT2D eigenvalue weighted by Gasteiger charge is 2.29. The number of aliphatic carboxylic acids is 1. The number of benzene rings is 1. The molecule has 1 aromatic carbocycles. The first-order valence-electron chi connectivity index (χ1n) is 11.2. The summed E-state index contributed by atoms with van der Waals surface area (Å²) in [4.78, 5) is 46.5. The van der Waals surface area contributed by atoms with Gasteiger partial charge in [0.15, 0.2) is 0 Å². The Hall–Kier alpha value is -4.36. The van der Waals surface area contributed by atoms with Gasteiger partial charge in [-0.1, -0.05) is 12.1 Å². The van der Waals surface area contributed by atoms with Crippen LogP contribution in [0.2, 0.25) is 0 Å². The van der Waals surface area contributed by atoms with Crippen LogP contribution in [0.5, 0.6) is 0 Å². The smallest absolute Gasteiger partial charge is 0.323 e. The van der Waals surface area contributed by atoms with Gasteiger partial charge in [-0.3, -0.25) is 19.4 Å². The lowest BCUT2D eigenvalue weighted by atomic mass is 10.1. The molecular weight excluding hydrogens is 500 g/mol. The van der Waals surface area contributed by atoms with Gasteiger partial charge in [-0.15, -0.1) is 0 Å². The van der Waals surface area contributed by atoms with Crippen molar-refractivity contribution in [2.24, 2.45) is 0 Å². The van der Waals surface area contributed by atoms with Crippen LogP contribution in [-0.4, -0.2) is 71.9 Å². The van der Waals surface area contributed by atoms with E-state index < -0.39 is 34.5 Å². The number of fused-ring (bicyclic) bond motifs is 1. The molecule has 0 unspecified atom stereocenters. The number of anilines is 1. The van der Waals surface area contributed by atoms with Crippen LogP contribution in [0, 0.1) is 0 Å². The van der Waals surface area contributed by atoms with Crippen molar-refractivity contribution >= 4 is 33.6 Å². The van der Waals surface area contributed by atoms with E-state index in [-0.39, 0.29) is 16.4 Å². The normalized spacial score (nSPS) is 13.6. The number of aromatic nitrogens is 2. The van der Waals surface area contributed by atoms with Crippen molar-refractivity contribution in [1.82, 2.24) is 24.9 Å². The van der Waals surface area contributed by atoms with Crippen molar-refractivity contribution in [1.29, 1.82) is 0 Å². The average Bonchev–Trinajstić information content (AvgIpc) is 3.22. The molecule has 3 aromatic rings. The van der Waals surface area contributed by atoms with Crippen LogP contribution < -0.4 is 15.4 Å². The molecule has 0 fully saturated rings. The van der Waals surface area contributed by atoms with E-state index in [1.165, 1.54) is 30.5 Å². The van der Waals surface area contributed by atoms with Crippen LogP contribution in [-0.2, 0) is 21.4 Å². The second kappa shape index (κ2) is 11.1. The van der Waals surface area contributed by atoms with Crippen LogP contribution in [0.25, 0.3) is 0 Å². The summed E-state index contributed by atoms with van der Waals surface area (Å²) in [5, 5.41) is 15.0. The maximum atomic E-state index is 12.9. The molecule has 0 bridgehead atoms. The summed E-state index contributed by atoms with van der Waals surface area (Å²) in [5.74, 6) is -1.63. The van der Waals surface area contributed by atoms with Gasteiger partial charge in [0.05, 0.1) is 0 Å². The molecule has 12 nitrogen and oxygen atoms in total. The molecule has 3 heterocycles. The van der Waals surface area contributed by atoms with E-state index in [9.17, 15) is 27.9 Å². The van der Waals surface area contributed by atoms with Crippen LogP contribution >= 0.6 is 0 Å². The molecule has 37 heavy (non-hydrogen) atoms. The van der Waals surface area contributed by atoms with Crippen molar-refractivity contribution < 1.29 is 27.9 Å². The van der Waals surface area contributed by atoms with Crippen LogP contribution in [0.4, 0.5) is 5.82 Å². The van der Waals surface area contributed by atoms with Gasteiger partial charge in [0.2, 0.25) is 10.0 Å². The fraction of sp³-hybridized carbons (Fsp3) is 0.208. The molecule has 2 aromatic heterocycles. The van der Waals surface area contributed by atoms with E-state index in [4.69, 9.17) is 0 Å². The molecule has 13 heteroatoms. The lowest BCUT2D eigenvalue weighted by Crippen LogP contribution is -2.48. The largest absolute Gasteiger partial charge is 0.480 e. The molecule has 1 aliphatic rings. The molecule has 0 spiro atoms. The fourth-order valence-electron chi connectivity index (χ4n) is 3.71. The van der Waals surface area contributed by atoms with Crippen molar-refractivity contribution in [3.05, 3.63) is 83.8 Å². The lowest BCUT2D eigenvalue weighted by molar-refractivity contribution is -0.138. The second-order valence-corrected chi connectivity index (χ2v) is 9.87. The summed E-state index contributed by atoms with van der Waals surface area (Å²) < 4.78 is 26.9. The number of carboxylic acid groups (broad SMARTS) is 1. The molecule has 4 N–H and O–H groups in total. The zero-order valence-electron chi connectivity index (χ0n) is 19.5. The number of sulfonamides is 1. The highest BCUT2D eigenvalue weighted by Crippen LogP contribution is 2.23. The Kier molecular flexibility index (Phi) is 7.74. The Morgan fingerprint density at radius 3 is 2.65 bits per heavy atom. The SMILES string of the molecule is O=C(NC[C@H](NS(=O)(=O)c1cccnc1)C(=O)O)c1ccc2c(c1)C(=O)N(CCNc1ccccn1)C2. The standard InChI is InChI=1S/C24H24N6O6S/c31-22(28-14-20(24(33)34)29-37(35,36)18-4-3-8-25-13-18)16-6-7-17-15-30(23(32)19(17)12-16)11-10-27-21-5-1-2-9-26-21/h1-9,12-13,20,29H,10-11,14-15H2,(H,26,27)(H,28,31)(H,33,34)/t20-/m0/s1. The fourth-order valence-corrected chi connectivity index (χ4v) is 4.86. The van der Waals surface area contributed by atoms with Crippen molar-refractivity contribution in [2.75, 3.05) is 25.0 Å². The maximum Gasteiger partial charge on any atom is 0.323 e. The lowest BCUT2D eigenvalue weighted by Gasteiger charge is -2.16. The first kappa shape index (κ1) is 25.7. The van der Waals surface area contributed by atoms with E-state index in [0.29, 0.717) is 31.0 Å². The zero-order chi connectivity index (χ0) is 26.4. The van der Waals surface area contributed by atoms with Gasteiger partial charge >= 0.3 is 5.97 Å². The Labute approximate surface area is 212 Å². The summed E-state index contributed by atoms with van der Waals surface area (Å²) in [6.45, 7) is 0.819. The molecule has 4 rings (SSSR count). The third-order valence-electron chi connectivity index (χ3n) is 5.61. The summed E-state index contributed by atoms with van der Waals surface area (Å²) in [5.41, 5.74) is 1.31. The van der Waals surface area contributed by atoms with Gasteiger partial charge < -0.3 is 20.6 Å². The highest BCUT2D eigenvalue weighted by molar-refractivity contribution is 7.89. The number of rotatable bonds is 11. The first-order valence-corrected chi connectivity index (χ1v) is 12.7. The molecule has 1 aliphatic heterocycles. The molecule has 0 aliphatic carbocycles. The highest BCUT2D eigenvalue weighted by atomic mass is 32.2. The van der Waals surface area contributed by atoms with E-state index >= 15 is 0 Å². The number of hydrogen-bond acceptors (Lipinski definition) is 8. The van der Waals surface area contributed by atoms with Crippen molar-refractivity contribution in [3.8, 4) is 0 Å². The second-order valence-electron chi connectivity index (χ2n) is 8.15. The summed E-state index contributed by atoms with van der Waals surface area (Å²) >= 11 is 0. The minimum absolute atomic E-state index is 0.153. The van der Waals surface area contributed by atoms with Gasteiger partial charge in [0.25, 0.3) is 11.8 Å². The Balaban J connectivity index is 1.35. The van der Waals surface area contributed by atoms with Crippen molar-refractivity contribution in [2.45, 2.75) is 17.5 Å². The maximum absolute atomic E-state index is 12.9. The Morgan fingerprint density at radius 1 is 1.11 bits per heavy atom. The minimum Gasteiger partial charge on any atom is -0.480 e. The molecule has 0 saturated carbocycles. The minimum atomic E-state index is -4.17. The number of nitrogens with zero attached hydrogens (tertiary/aromatic N) is 3. The van der Waals surface area contributed by atoms with E-state index in [1.807, 2.05) is 22.9 Å². The molecule has 0 radical (unpaired) electrons. The third kappa shape index (κ3) is 6.26. The van der Waals surface area contributed by atoms with Gasteiger partial charge in [-0.05, 0) is 42.0 Å². The van der Waals surface area contributed by atoms with Crippen LogP contribution in [0.15, 0.2) is 72.0 Å². The predicted molar refractivity (Wildman–Crippen MR) is 132 cm³/mol. The zero-order valence-corrected chi connectivity index (χ0v) is 20.3. The number of carbonyl (C=O) groups excluding carboxylic acids is 2. The number of carboxylic acids is 1. The number of pyridine rings is 2. The Bertz CT molecular complexity index is 1400. The van der Waals surface area contributed by atoms with E-state index in [2.05, 4.69) is 20.6 Å². The number of amides is 2. The van der Waals surface area contributed by atoms with Gasteiger partial charge in [0.1, 0.15) is 16.8 Å². The number of nitrogens with one attached hydrogen (secondary N) is 3. The third-order valence-corrected chi connectivity index (χ3v) is 7.07.